The van der Waals surface area contributed by atoms with Crippen LogP contribution in [0, 0.1) is 13.8 Å². The molecule has 0 fully saturated rings. The summed E-state index contributed by atoms with van der Waals surface area (Å²) in [7, 11) is -3.39. The molecule has 3 nitrogen and oxygen atoms in total. The van der Waals surface area contributed by atoms with E-state index >= 15 is 0 Å². The lowest BCUT2D eigenvalue weighted by Crippen LogP contribution is -2.06. The van der Waals surface area contributed by atoms with E-state index in [0.29, 0.717) is 10.6 Å². The van der Waals surface area contributed by atoms with Crippen LogP contribution in [-0.4, -0.2) is 13.4 Å². The Hall–Kier alpha value is -1.98. The molecular formula is C20H21NO2S2. The van der Waals surface area contributed by atoms with Crippen molar-refractivity contribution in [2.24, 2.45) is 0 Å². The van der Waals surface area contributed by atoms with Crippen molar-refractivity contribution in [2.45, 2.75) is 37.8 Å². The summed E-state index contributed by atoms with van der Waals surface area (Å²) in [5.41, 5.74) is 4.97. The van der Waals surface area contributed by atoms with E-state index in [0.717, 1.165) is 28.1 Å². The van der Waals surface area contributed by atoms with Gasteiger partial charge in [0.2, 0.25) is 0 Å². The number of sulfone groups is 1. The molecule has 0 radical (unpaired) electrons. The second-order valence-electron chi connectivity index (χ2n) is 6.20. The maximum absolute atomic E-state index is 12.7. The molecule has 0 bridgehead atoms. The van der Waals surface area contributed by atoms with Crippen LogP contribution in [0.1, 0.15) is 29.3 Å². The van der Waals surface area contributed by atoms with Gasteiger partial charge >= 0.3 is 0 Å². The minimum atomic E-state index is -3.39. The van der Waals surface area contributed by atoms with E-state index in [-0.39, 0.29) is 5.75 Å². The SMILES string of the molecule is CCc1ccc(-c2nc(CS(=O)(=O)c3ccc(C)c(C)c3)cs2)cc1. The molecule has 1 aromatic heterocycles. The van der Waals surface area contributed by atoms with E-state index in [1.807, 2.05) is 37.4 Å². The first-order valence-corrected chi connectivity index (χ1v) is 10.8. The number of nitrogens with zero attached hydrogens (tertiary/aromatic N) is 1. The standard InChI is InChI=1S/C20H21NO2S2/c1-4-16-6-8-17(9-7-16)20-21-18(12-24-20)13-25(22,23)19-10-5-14(2)15(3)11-19/h5-12H,4,13H2,1-3H3. The summed E-state index contributed by atoms with van der Waals surface area (Å²) in [5, 5.41) is 2.69. The van der Waals surface area contributed by atoms with Gasteiger partial charge < -0.3 is 0 Å². The van der Waals surface area contributed by atoms with Gasteiger partial charge in [0, 0.05) is 10.9 Å². The molecule has 0 aliphatic carbocycles. The largest absolute Gasteiger partial charge is 0.240 e. The molecule has 1 heterocycles. The molecule has 3 aromatic rings. The van der Waals surface area contributed by atoms with Crippen LogP contribution in [0.5, 0.6) is 0 Å². The summed E-state index contributed by atoms with van der Waals surface area (Å²) >= 11 is 1.48. The Bertz CT molecular complexity index is 987. The summed E-state index contributed by atoms with van der Waals surface area (Å²) < 4.78 is 25.3. The van der Waals surface area contributed by atoms with Crippen molar-refractivity contribution in [1.29, 1.82) is 0 Å². The van der Waals surface area contributed by atoms with Crippen LogP contribution in [0.15, 0.2) is 52.7 Å². The van der Waals surface area contributed by atoms with E-state index < -0.39 is 9.84 Å². The molecule has 0 atom stereocenters. The average Bonchev–Trinajstić information content (AvgIpc) is 3.05. The maximum Gasteiger partial charge on any atom is 0.184 e. The quantitative estimate of drug-likeness (QED) is 0.636. The van der Waals surface area contributed by atoms with Crippen LogP contribution >= 0.6 is 11.3 Å². The van der Waals surface area contributed by atoms with Gasteiger partial charge in [0.15, 0.2) is 9.84 Å². The van der Waals surface area contributed by atoms with Crippen molar-refractivity contribution < 1.29 is 8.42 Å². The van der Waals surface area contributed by atoms with Crippen LogP contribution in [0.3, 0.4) is 0 Å². The Kier molecular flexibility index (Phi) is 5.06. The van der Waals surface area contributed by atoms with E-state index in [2.05, 4.69) is 24.0 Å². The first-order valence-electron chi connectivity index (χ1n) is 8.23. The number of benzene rings is 2. The zero-order chi connectivity index (χ0) is 18.0. The third-order valence-electron chi connectivity index (χ3n) is 4.34. The number of hydrogen-bond donors (Lipinski definition) is 0. The Morgan fingerprint density at radius 3 is 2.36 bits per heavy atom. The molecule has 130 valence electrons. The van der Waals surface area contributed by atoms with Crippen LogP contribution in [0.25, 0.3) is 10.6 Å². The van der Waals surface area contributed by atoms with Gasteiger partial charge in [-0.2, -0.15) is 0 Å². The molecule has 0 aliphatic rings. The van der Waals surface area contributed by atoms with Gasteiger partial charge in [-0.05, 0) is 49.1 Å². The van der Waals surface area contributed by atoms with Crippen LogP contribution in [0.4, 0.5) is 0 Å². The minimum absolute atomic E-state index is 0.0704. The van der Waals surface area contributed by atoms with Crippen molar-refractivity contribution in [3.63, 3.8) is 0 Å². The lowest BCUT2D eigenvalue weighted by atomic mass is 10.1. The Morgan fingerprint density at radius 1 is 1.00 bits per heavy atom. The van der Waals surface area contributed by atoms with Crippen molar-refractivity contribution in [3.05, 3.63) is 70.2 Å². The van der Waals surface area contributed by atoms with Gasteiger partial charge in [-0.1, -0.05) is 37.3 Å². The first kappa shape index (κ1) is 17.8. The summed E-state index contributed by atoms with van der Waals surface area (Å²) in [6.45, 7) is 6.02. The summed E-state index contributed by atoms with van der Waals surface area (Å²) in [6.07, 6.45) is 0.998. The molecule has 25 heavy (non-hydrogen) atoms. The molecule has 3 rings (SSSR count). The summed E-state index contributed by atoms with van der Waals surface area (Å²) in [4.78, 5) is 4.88. The highest BCUT2D eigenvalue weighted by Gasteiger charge is 2.18. The van der Waals surface area contributed by atoms with Crippen LogP contribution in [-0.2, 0) is 22.0 Å². The second-order valence-corrected chi connectivity index (χ2v) is 9.05. The number of thiazole rings is 1. The molecule has 0 saturated carbocycles. The number of hydrogen-bond acceptors (Lipinski definition) is 4. The van der Waals surface area contributed by atoms with Crippen molar-refractivity contribution >= 4 is 21.2 Å². The minimum Gasteiger partial charge on any atom is -0.240 e. The van der Waals surface area contributed by atoms with Crippen molar-refractivity contribution in [3.8, 4) is 10.6 Å². The van der Waals surface area contributed by atoms with Gasteiger partial charge in [-0.3, -0.25) is 0 Å². The molecule has 0 unspecified atom stereocenters. The maximum atomic E-state index is 12.7. The molecule has 2 aromatic carbocycles. The Labute approximate surface area is 153 Å². The molecule has 0 N–H and O–H groups in total. The molecule has 5 heteroatoms. The van der Waals surface area contributed by atoms with Gasteiger partial charge in [0.05, 0.1) is 16.3 Å². The smallest absolute Gasteiger partial charge is 0.184 e. The lowest BCUT2D eigenvalue weighted by molar-refractivity contribution is 0.594. The molecular weight excluding hydrogens is 350 g/mol. The Balaban J connectivity index is 1.83. The monoisotopic (exact) mass is 371 g/mol. The topological polar surface area (TPSA) is 47.0 Å². The van der Waals surface area contributed by atoms with E-state index in [9.17, 15) is 8.42 Å². The number of aryl methyl sites for hydroxylation is 3. The van der Waals surface area contributed by atoms with Gasteiger partial charge in [-0.25, -0.2) is 13.4 Å². The molecule has 0 spiro atoms. The van der Waals surface area contributed by atoms with E-state index in [4.69, 9.17) is 0 Å². The fraction of sp³-hybridized carbons (Fsp3) is 0.250. The zero-order valence-corrected chi connectivity index (χ0v) is 16.2. The molecule has 0 amide bonds. The van der Waals surface area contributed by atoms with Gasteiger partial charge in [-0.15, -0.1) is 11.3 Å². The van der Waals surface area contributed by atoms with Gasteiger partial charge in [0.25, 0.3) is 0 Å². The Morgan fingerprint density at radius 2 is 1.72 bits per heavy atom. The fourth-order valence-electron chi connectivity index (χ4n) is 2.57. The highest BCUT2D eigenvalue weighted by molar-refractivity contribution is 7.90. The highest BCUT2D eigenvalue weighted by Crippen LogP contribution is 2.26. The first-order chi connectivity index (χ1) is 11.9. The lowest BCUT2D eigenvalue weighted by Gasteiger charge is -2.06. The van der Waals surface area contributed by atoms with Crippen molar-refractivity contribution in [2.75, 3.05) is 0 Å². The number of rotatable bonds is 5. The summed E-state index contributed by atoms with van der Waals surface area (Å²) in [6, 6.07) is 13.5. The van der Waals surface area contributed by atoms with Crippen LogP contribution in [0.2, 0.25) is 0 Å². The molecule has 0 saturated heterocycles. The number of aromatic nitrogens is 1. The van der Waals surface area contributed by atoms with Gasteiger partial charge in [0.1, 0.15) is 5.01 Å². The normalized spacial score (nSPS) is 11.6. The highest BCUT2D eigenvalue weighted by atomic mass is 32.2. The third-order valence-corrected chi connectivity index (χ3v) is 6.92. The fourth-order valence-corrected chi connectivity index (χ4v) is 4.84. The van der Waals surface area contributed by atoms with Crippen molar-refractivity contribution in [1.82, 2.24) is 4.98 Å². The second kappa shape index (κ2) is 7.10. The van der Waals surface area contributed by atoms with E-state index in [1.165, 1.54) is 16.9 Å². The molecule has 0 aliphatic heterocycles. The average molecular weight is 372 g/mol. The summed E-state index contributed by atoms with van der Waals surface area (Å²) in [5.74, 6) is -0.0704. The predicted molar refractivity (Wildman–Crippen MR) is 104 cm³/mol. The third kappa shape index (κ3) is 3.99. The van der Waals surface area contributed by atoms with Crippen LogP contribution < -0.4 is 0 Å². The van der Waals surface area contributed by atoms with E-state index in [1.54, 1.807) is 12.1 Å². The predicted octanol–water partition coefficient (Wildman–Crippen LogP) is 4.96. The zero-order valence-electron chi connectivity index (χ0n) is 14.6.